The summed E-state index contributed by atoms with van der Waals surface area (Å²) >= 11 is 0. The van der Waals surface area contributed by atoms with Gasteiger partial charge in [0.15, 0.2) is 0 Å². The lowest BCUT2D eigenvalue weighted by atomic mass is 10.2. The van der Waals surface area contributed by atoms with Gasteiger partial charge in [-0.05, 0) is 20.8 Å². The molecular weight excluding hydrogens is 329 g/mol. The van der Waals surface area contributed by atoms with E-state index in [9.17, 15) is 14.3 Å². The molecule has 0 rings (SSSR count). The number of ether oxygens (including phenoxy) is 3. The van der Waals surface area contributed by atoms with E-state index in [0.717, 1.165) is 0 Å². The molecule has 0 aromatic carbocycles. The molecule has 0 aliphatic rings. The number of rotatable bonds is 13. The number of hydrogen-bond acceptors (Lipinski definition) is 8. The number of nitrogens with two attached hydrogens (primary N) is 1. The maximum Gasteiger partial charge on any atom is 0.472 e. The number of carbonyl (C=O) groups is 1. The zero-order valence-electron chi connectivity index (χ0n) is 14.0. The summed E-state index contributed by atoms with van der Waals surface area (Å²) in [5, 5.41) is 0. The first-order valence-electron chi connectivity index (χ1n) is 7.35. The second kappa shape index (κ2) is 11.9. The first-order chi connectivity index (χ1) is 10.7. The van der Waals surface area contributed by atoms with Gasteiger partial charge in [-0.3, -0.25) is 13.8 Å². The summed E-state index contributed by atoms with van der Waals surface area (Å²) in [6.45, 7) is 6.32. The first-order valence-corrected chi connectivity index (χ1v) is 8.85. The first kappa shape index (κ1) is 22.5. The van der Waals surface area contributed by atoms with E-state index < -0.39 is 13.4 Å². The topological polar surface area (TPSA) is 127 Å². The number of phosphoric ester groups is 1. The molecule has 0 bridgehead atoms. The van der Waals surface area contributed by atoms with Crippen molar-refractivity contribution in [3.63, 3.8) is 0 Å². The minimum atomic E-state index is -4.05. The lowest BCUT2D eigenvalue weighted by Gasteiger charge is -2.19. The van der Waals surface area contributed by atoms with Gasteiger partial charge in [-0.1, -0.05) is 0 Å². The number of esters is 1. The van der Waals surface area contributed by atoms with Gasteiger partial charge in [-0.15, -0.1) is 0 Å². The predicted octanol–water partition coefficient (Wildman–Crippen LogP) is 0.844. The third-order valence-electron chi connectivity index (χ3n) is 2.10. The largest absolute Gasteiger partial charge is 0.472 e. The molecule has 0 saturated carbocycles. The normalized spacial score (nSPS) is 14.5. The number of phosphoric acid groups is 1. The summed E-state index contributed by atoms with van der Waals surface area (Å²) in [4.78, 5) is 20.6. The Labute approximate surface area is 137 Å². The van der Waals surface area contributed by atoms with Crippen LogP contribution < -0.4 is 5.73 Å². The number of hydrogen-bond donors (Lipinski definition) is 2. The molecule has 0 fully saturated rings. The van der Waals surface area contributed by atoms with Gasteiger partial charge in [0.25, 0.3) is 0 Å². The zero-order valence-corrected chi connectivity index (χ0v) is 14.9. The molecule has 0 spiro atoms. The molecule has 1 atom stereocenters. The summed E-state index contributed by atoms with van der Waals surface area (Å²) in [5.41, 5.74) is 4.64. The van der Waals surface area contributed by atoms with Crippen LogP contribution >= 0.6 is 7.82 Å². The Morgan fingerprint density at radius 2 is 1.52 bits per heavy atom. The highest BCUT2D eigenvalue weighted by molar-refractivity contribution is 7.47. The van der Waals surface area contributed by atoms with E-state index in [-0.39, 0.29) is 52.0 Å². The molecular formula is C13H28NO8P. The second-order valence-electron chi connectivity index (χ2n) is 5.48. The van der Waals surface area contributed by atoms with Crippen LogP contribution in [0.1, 0.15) is 27.2 Å². The summed E-state index contributed by atoms with van der Waals surface area (Å²) in [7, 11) is -4.05. The Balaban J connectivity index is 3.44. The molecule has 0 aliphatic carbocycles. The van der Waals surface area contributed by atoms with Crippen LogP contribution in [0.15, 0.2) is 0 Å². The fourth-order valence-corrected chi connectivity index (χ4v) is 2.00. The van der Waals surface area contributed by atoms with Crippen LogP contribution in [0.4, 0.5) is 0 Å². The van der Waals surface area contributed by atoms with Crippen LogP contribution in [0.3, 0.4) is 0 Å². The minimum Gasteiger partial charge on any atom is -0.460 e. The van der Waals surface area contributed by atoms with Crippen LogP contribution in [0, 0.1) is 0 Å². The van der Waals surface area contributed by atoms with Gasteiger partial charge < -0.3 is 24.8 Å². The molecule has 0 heterocycles. The van der Waals surface area contributed by atoms with Crippen molar-refractivity contribution in [2.24, 2.45) is 5.73 Å². The van der Waals surface area contributed by atoms with Crippen molar-refractivity contribution in [1.82, 2.24) is 0 Å². The van der Waals surface area contributed by atoms with E-state index in [1.54, 1.807) is 20.8 Å². The van der Waals surface area contributed by atoms with E-state index in [2.05, 4.69) is 9.05 Å². The number of carbonyl (C=O) groups excluding carboxylic acids is 1. The van der Waals surface area contributed by atoms with Gasteiger partial charge >= 0.3 is 13.8 Å². The Morgan fingerprint density at radius 1 is 1.00 bits per heavy atom. The van der Waals surface area contributed by atoms with Crippen molar-refractivity contribution in [3.05, 3.63) is 0 Å². The highest BCUT2D eigenvalue weighted by Crippen LogP contribution is 2.42. The molecule has 3 N–H and O–H groups in total. The SMILES string of the molecule is CC(C)(C)OC(=O)CCOCCOCCOP(=O)(O)OCCN. The van der Waals surface area contributed by atoms with Crippen LogP contribution in [0.2, 0.25) is 0 Å². The van der Waals surface area contributed by atoms with Crippen molar-refractivity contribution in [2.45, 2.75) is 32.8 Å². The van der Waals surface area contributed by atoms with Crippen LogP contribution in [0.5, 0.6) is 0 Å². The molecule has 138 valence electrons. The van der Waals surface area contributed by atoms with E-state index in [1.807, 2.05) is 0 Å². The average molecular weight is 357 g/mol. The monoisotopic (exact) mass is 357 g/mol. The van der Waals surface area contributed by atoms with Crippen LogP contribution in [0.25, 0.3) is 0 Å². The van der Waals surface area contributed by atoms with Gasteiger partial charge in [0.1, 0.15) is 5.60 Å². The standard InChI is InChI=1S/C13H28NO8P/c1-13(2,3)22-12(15)4-6-18-8-9-19-10-11-21-23(16,17)20-7-5-14/h4-11,14H2,1-3H3,(H,16,17). The van der Waals surface area contributed by atoms with Gasteiger partial charge in [0, 0.05) is 6.54 Å². The third-order valence-corrected chi connectivity index (χ3v) is 3.11. The molecule has 9 nitrogen and oxygen atoms in total. The maximum absolute atomic E-state index is 11.4. The molecule has 0 saturated heterocycles. The smallest absolute Gasteiger partial charge is 0.460 e. The van der Waals surface area contributed by atoms with E-state index >= 15 is 0 Å². The second-order valence-corrected chi connectivity index (χ2v) is 6.94. The Morgan fingerprint density at radius 3 is 2.09 bits per heavy atom. The van der Waals surface area contributed by atoms with Gasteiger partial charge in [-0.2, -0.15) is 0 Å². The third kappa shape index (κ3) is 16.1. The van der Waals surface area contributed by atoms with Crippen molar-refractivity contribution in [3.8, 4) is 0 Å². The molecule has 1 unspecified atom stereocenters. The lowest BCUT2D eigenvalue weighted by molar-refractivity contribution is -0.156. The highest BCUT2D eigenvalue weighted by atomic mass is 31.2. The Kier molecular flexibility index (Phi) is 11.6. The zero-order chi connectivity index (χ0) is 17.8. The molecule has 0 aromatic rings. The molecule has 0 aliphatic heterocycles. The van der Waals surface area contributed by atoms with Gasteiger partial charge in [-0.25, -0.2) is 4.57 Å². The highest BCUT2D eigenvalue weighted by Gasteiger charge is 2.19. The summed E-state index contributed by atoms with van der Waals surface area (Å²) in [6.07, 6.45) is 0.173. The summed E-state index contributed by atoms with van der Waals surface area (Å²) in [6, 6.07) is 0. The fourth-order valence-electron chi connectivity index (χ4n) is 1.29. The van der Waals surface area contributed by atoms with Crippen molar-refractivity contribution >= 4 is 13.8 Å². The maximum atomic E-state index is 11.4. The molecule has 0 amide bonds. The average Bonchev–Trinajstić information content (AvgIpc) is 2.41. The lowest BCUT2D eigenvalue weighted by Crippen LogP contribution is -2.24. The van der Waals surface area contributed by atoms with Crippen molar-refractivity contribution in [2.75, 3.05) is 46.2 Å². The Hall–Kier alpha value is -0.540. The molecule has 0 radical (unpaired) electrons. The van der Waals surface area contributed by atoms with E-state index in [0.29, 0.717) is 6.61 Å². The molecule has 10 heteroatoms. The minimum absolute atomic E-state index is 0.0554. The van der Waals surface area contributed by atoms with Crippen LogP contribution in [-0.2, 0) is 32.6 Å². The van der Waals surface area contributed by atoms with E-state index in [4.69, 9.17) is 19.9 Å². The Bertz CT molecular complexity index is 371. The van der Waals surface area contributed by atoms with Crippen molar-refractivity contribution in [1.29, 1.82) is 0 Å². The van der Waals surface area contributed by atoms with Crippen molar-refractivity contribution < 1.29 is 37.5 Å². The van der Waals surface area contributed by atoms with Crippen LogP contribution in [-0.4, -0.2) is 62.6 Å². The van der Waals surface area contributed by atoms with E-state index in [1.165, 1.54) is 0 Å². The quantitative estimate of drug-likeness (QED) is 0.280. The molecule has 23 heavy (non-hydrogen) atoms. The fraction of sp³-hybridized carbons (Fsp3) is 0.923. The van der Waals surface area contributed by atoms with Gasteiger partial charge in [0.05, 0.1) is 46.1 Å². The summed E-state index contributed by atoms with van der Waals surface area (Å²) in [5.74, 6) is -0.317. The molecule has 0 aromatic heterocycles. The predicted molar refractivity (Wildman–Crippen MR) is 82.9 cm³/mol. The summed E-state index contributed by atoms with van der Waals surface area (Å²) < 4.78 is 35.9. The van der Waals surface area contributed by atoms with Gasteiger partial charge in [0.2, 0.25) is 0 Å².